The Kier molecular flexibility index (Phi) is 4.21. The van der Waals surface area contributed by atoms with Crippen LogP contribution in [0.5, 0.6) is 0 Å². The predicted octanol–water partition coefficient (Wildman–Crippen LogP) is 4.36. The summed E-state index contributed by atoms with van der Waals surface area (Å²) in [6.07, 6.45) is 1.58. The van der Waals surface area contributed by atoms with E-state index < -0.39 is 0 Å². The van der Waals surface area contributed by atoms with Crippen molar-refractivity contribution >= 4 is 28.6 Å². The van der Waals surface area contributed by atoms with Gasteiger partial charge in [-0.3, -0.25) is 4.79 Å². The molecular weight excluding hydrogens is 358 g/mol. The number of nitrogens with zero attached hydrogens (tertiary/aromatic N) is 2. The molecule has 1 N–H and O–H groups in total. The van der Waals surface area contributed by atoms with Crippen molar-refractivity contribution in [3.63, 3.8) is 0 Å². The van der Waals surface area contributed by atoms with E-state index >= 15 is 0 Å². The first-order valence-corrected chi connectivity index (χ1v) is 9.24. The molecule has 0 radical (unpaired) electrons. The third-order valence-corrected chi connectivity index (χ3v) is 5.06. The van der Waals surface area contributed by atoms with Crippen molar-refractivity contribution in [2.75, 3.05) is 0 Å². The van der Waals surface area contributed by atoms with Gasteiger partial charge in [0.05, 0.1) is 17.8 Å². The maximum Gasteiger partial charge on any atom is 0.271 e. The molecule has 126 valence electrons. The molecule has 0 atom stereocenters. The van der Waals surface area contributed by atoms with Gasteiger partial charge in [-0.15, -0.1) is 22.7 Å². The fraction of sp³-hybridized carbons (Fsp3) is 0.118. The van der Waals surface area contributed by atoms with Gasteiger partial charge in [-0.1, -0.05) is 0 Å². The van der Waals surface area contributed by atoms with Crippen molar-refractivity contribution in [1.29, 1.82) is 0 Å². The number of carbonyl (C=O) groups is 1. The molecule has 1 amide bonds. The SMILES string of the molecule is Cc1nc(-c2ccc(CNC(=O)c3csc(-c4ccco4)n3)o2)cs1. The van der Waals surface area contributed by atoms with Gasteiger partial charge in [0.25, 0.3) is 5.91 Å². The zero-order valence-corrected chi connectivity index (χ0v) is 14.8. The summed E-state index contributed by atoms with van der Waals surface area (Å²) in [5, 5.41) is 8.12. The molecule has 4 aromatic rings. The van der Waals surface area contributed by atoms with E-state index in [1.807, 2.05) is 30.5 Å². The highest BCUT2D eigenvalue weighted by atomic mass is 32.1. The van der Waals surface area contributed by atoms with Gasteiger partial charge in [0.1, 0.15) is 17.1 Å². The summed E-state index contributed by atoms with van der Waals surface area (Å²) in [6.45, 7) is 2.23. The number of hydrogen-bond donors (Lipinski definition) is 1. The lowest BCUT2D eigenvalue weighted by Crippen LogP contribution is -2.22. The van der Waals surface area contributed by atoms with E-state index in [1.165, 1.54) is 11.3 Å². The first-order valence-electron chi connectivity index (χ1n) is 7.48. The van der Waals surface area contributed by atoms with E-state index in [0.717, 1.165) is 10.7 Å². The second-order valence-electron chi connectivity index (χ2n) is 5.22. The Labute approximate surface area is 151 Å². The van der Waals surface area contributed by atoms with E-state index in [9.17, 15) is 4.79 Å². The monoisotopic (exact) mass is 371 g/mol. The number of aromatic nitrogens is 2. The number of amides is 1. The normalized spacial score (nSPS) is 10.9. The van der Waals surface area contributed by atoms with Crippen LogP contribution < -0.4 is 5.32 Å². The Balaban J connectivity index is 1.40. The first-order chi connectivity index (χ1) is 12.2. The third kappa shape index (κ3) is 3.40. The van der Waals surface area contributed by atoms with Crippen LogP contribution in [0.3, 0.4) is 0 Å². The Bertz CT molecular complexity index is 998. The molecule has 0 aliphatic heterocycles. The summed E-state index contributed by atoms with van der Waals surface area (Å²) < 4.78 is 11.0. The van der Waals surface area contributed by atoms with Crippen LogP contribution in [0.25, 0.3) is 22.2 Å². The van der Waals surface area contributed by atoms with Crippen LogP contribution in [-0.2, 0) is 6.54 Å². The minimum atomic E-state index is -0.253. The molecule has 4 rings (SSSR count). The minimum Gasteiger partial charge on any atom is -0.462 e. The molecule has 25 heavy (non-hydrogen) atoms. The van der Waals surface area contributed by atoms with Crippen LogP contribution in [0.2, 0.25) is 0 Å². The van der Waals surface area contributed by atoms with E-state index in [0.29, 0.717) is 28.0 Å². The molecule has 0 bridgehead atoms. The molecule has 4 aromatic heterocycles. The average molecular weight is 371 g/mol. The van der Waals surface area contributed by atoms with E-state index in [2.05, 4.69) is 15.3 Å². The van der Waals surface area contributed by atoms with E-state index in [4.69, 9.17) is 8.83 Å². The topological polar surface area (TPSA) is 81.2 Å². The molecular formula is C17H13N3O3S2. The lowest BCUT2D eigenvalue weighted by Gasteiger charge is -2.00. The molecule has 0 spiro atoms. The number of hydrogen-bond acceptors (Lipinski definition) is 7. The van der Waals surface area contributed by atoms with Gasteiger partial charge < -0.3 is 14.2 Å². The van der Waals surface area contributed by atoms with Gasteiger partial charge in [0.15, 0.2) is 16.5 Å². The molecule has 4 heterocycles. The standard InChI is InChI=1S/C17H13N3O3S2/c1-10-19-12(8-24-10)14-5-4-11(23-14)7-18-16(21)13-9-25-17(20-13)15-3-2-6-22-15/h2-6,8-9H,7H2,1H3,(H,18,21). The lowest BCUT2D eigenvalue weighted by molar-refractivity contribution is 0.0944. The van der Waals surface area contributed by atoms with Gasteiger partial charge in [-0.05, 0) is 31.2 Å². The highest BCUT2D eigenvalue weighted by Gasteiger charge is 2.14. The van der Waals surface area contributed by atoms with Gasteiger partial charge in [0, 0.05) is 10.8 Å². The Morgan fingerprint density at radius 3 is 2.84 bits per heavy atom. The van der Waals surface area contributed by atoms with Crippen molar-refractivity contribution in [2.24, 2.45) is 0 Å². The van der Waals surface area contributed by atoms with Crippen molar-refractivity contribution in [2.45, 2.75) is 13.5 Å². The van der Waals surface area contributed by atoms with Crippen molar-refractivity contribution in [3.8, 4) is 22.2 Å². The highest BCUT2D eigenvalue weighted by Crippen LogP contribution is 2.25. The third-order valence-electron chi connectivity index (χ3n) is 3.43. The van der Waals surface area contributed by atoms with Gasteiger partial charge in [-0.25, -0.2) is 9.97 Å². The Morgan fingerprint density at radius 1 is 1.16 bits per heavy atom. The first kappa shape index (κ1) is 15.8. The molecule has 0 aromatic carbocycles. The number of rotatable bonds is 5. The van der Waals surface area contributed by atoms with Crippen molar-refractivity contribution in [1.82, 2.24) is 15.3 Å². The summed E-state index contributed by atoms with van der Waals surface area (Å²) in [6, 6.07) is 7.29. The molecule has 0 aliphatic carbocycles. The van der Waals surface area contributed by atoms with Crippen LogP contribution in [0, 0.1) is 6.92 Å². The number of nitrogens with one attached hydrogen (secondary N) is 1. The highest BCUT2D eigenvalue weighted by molar-refractivity contribution is 7.13. The van der Waals surface area contributed by atoms with Crippen molar-refractivity contribution in [3.05, 3.63) is 57.8 Å². The maximum atomic E-state index is 12.2. The Morgan fingerprint density at radius 2 is 2.08 bits per heavy atom. The summed E-state index contributed by atoms with van der Waals surface area (Å²) >= 11 is 2.93. The zero-order valence-electron chi connectivity index (χ0n) is 13.2. The fourth-order valence-electron chi connectivity index (χ4n) is 2.24. The minimum absolute atomic E-state index is 0.253. The smallest absolute Gasteiger partial charge is 0.271 e. The molecule has 8 heteroatoms. The molecule has 6 nitrogen and oxygen atoms in total. The van der Waals surface area contributed by atoms with Crippen molar-refractivity contribution < 1.29 is 13.6 Å². The van der Waals surface area contributed by atoms with E-state index in [-0.39, 0.29) is 12.5 Å². The number of aryl methyl sites for hydroxylation is 1. The quantitative estimate of drug-likeness (QED) is 0.564. The molecule has 0 unspecified atom stereocenters. The molecule has 0 saturated heterocycles. The largest absolute Gasteiger partial charge is 0.462 e. The second kappa shape index (κ2) is 6.66. The summed E-state index contributed by atoms with van der Waals surface area (Å²) in [5.74, 6) is 1.76. The summed E-state index contributed by atoms with van der Waals surface area (Å²) in [5.41, 5.74) is 1.17. The number of thiazole rings is 2. The van der Waals surface area contributed by atoms with Gasteiger partial charge >= 0.3 is 0 Å². The van der Waals surface area contributed by atoms with E-state index in [1.54, 1.807) is 29.0 Å². The van der Waals surface area contributed by atoms with Crippen LogP contribution in [0.15, 0.2) is 50.1 Å². The second-order valence-corrected chi connectivity index (χ2v) is 7.14. The molecule has 0 fully saturated rings. The van der Waals surface area contributed by atoms with Gasteiger partial charge in [-0.2, -0.15) is 0 Å². The maximum absolute atomic E-state index is 12.2. The van der Waals surface area contributed by atoms with Gasteiger partial charge in [0.2, 0.25) is 0 Å². The lowest BCUT2D eigenvalue weighted by atomic mass is 10.3. The summed E-state index contributed by atoms with van der Waals surface area (Å²) in [4.78, 5) is 20.9. The predicted molar refractivity (Wildman–Crippen MR) is 95.5 cm³/mol. The van der Waals surface area contributed by atoms with Crippen LogP contribution in [-0.4, -0.2) is 15.9 Å². The number of carbonyl (C=O) groups excluding carboxylic acids is 1. The van der Waals surface area contributed by atoms with Crippen LogP contribution >= 0.6 is 22.7 Å². The van der Waals surface area contributed by atoms with Crippen LogP contribution in [0.4, 0.5) is 0 Å². The number of furan rings is 2. The molecule has 0 saturated carbocycles. The average Bonchev–Trinajstić information content (AvgIpc) is 3.38. The van der Waals surface area contributed by atoms with Crippen LogP contribution in [0.1, 0.15) is 21.3 Å². The fourth-order valence-corrected chi connectivity index (χ4v) is 3.61. The zero-order chi connectivity index (χ0) is 17.2. The molecule has 0 aliphatic rings. The Hall–Kier alpha value is -2.71. The summed E-state index contributed by atoms with van der Waals surface area (Å²) in [7, 11) is 0.